The van der Waals surface area contributed by atoms with Crippen LogP contribution in [-0.2, 0) is 4.74 Å². The molecule has 0 saturated carbocycles. The van der Waals surface area contributed by atoms with E-state index in [1.54, 1.807) is 0 Å². The van der Waals surface area contributed by atoms with Crippen LogP contribution < -0.4 is 0 Å². The summed E-state index contributed by atoms with van der Waals surface area (Å²) in [4.78, 5) is 10.4. The fourth-order valence-corrected chi connectivity index (χ4v) is 1.86. The van der Waals surface area contributed by atoms with E-state index in [4.69, 9.17) is 4.74 Å². The highest BCUT2D eigenvalue weighted by atomic mass is 16.6. The van der Waals surface area contributed by atoms with E-state index in [0.717, 1.165) is 11.1 Å². The second-order valence-electron chi connectivity index (χ2n) is 4.39. The topological polar surface area (TPSA) is 52.4 Å². The zero-order valence-electron chi connectivity index (χ0n) is 11.4. The SMILES string of the molecule is O=[N+]([O-])CC(OCC#Cc1ccccc1)c1ccccc1. The quantitative estimate of drug-likeness (QED) is 0.481. The van der Waals surface area contributed by atoms with Crippen LogP contribution in [0.25, 0.3) is 0 Å². The third-order valence-corrected chi connectivity index (χ3v) is 2.85. The summed E-state index contributed by atoms with van der Waals surface area (Å²) in [7, 11) is 0. The van der Waals surface area contributed by atoms with Crippen LogP contribution in [0.15, 0.2) is 60.7 Å². The Bertz CT molecular complexity index is 629. The van der Waals surface area contributed by atoms with Crippen LogP contribution in [0, 0.1) is 22.0 Å². The summed E-state index contributed by atoms with van der Waals surface area (Å²) in [6, 6.07) is 18.7. The summed E-state index contributed by atoms with van der Waals surface area (Å²) >= 11 is 0. The van der Waals surface area contributed by atoms with Crippen molar-refractivity contribution >= 4 is 0 Å². The molecule has 0 N–H and O–H groups in total. The highest BCUT2D eigenvalue weighted by molar-refractivity contribution is 5.33. The van der Waals surface area contributed by atoms with Gasteiger partial charge in [0.2, 0.25) is 6.54 Å². The molecule has 0 amide bonds. The maximum absolute atomic E-state index is 10.7. The van der Waals surface area contributed by atoms with Crippen LogP contribution in [0.2, 0.25) is 0 Å². The van der Waals surface area contributed by atoms with Crippen LogP contribution in [-0.4, -0.2) is 18.1 Å². The Balaban J connectivity index is 1.97. The van der Waals surface area contributed by atoms with Crippen LogP contribution in [0.3, 0.4) is 0 Å². The molecule has 0 heterocycles. The fraction of sp³-hybridized carbons (Fsp3) is 0.176. The van der Waals surface area contributed by atoms with Crippen LogP contribution in [0.1, 0.15) is 17.2 Å². The van der Waals surface area contributed by atoms with Crippen molar-refractivity contribution in [3.63, 3.8) is 0 Å². The van der Waals surface area contributed by atoms with Crippen LogP contribution in [0.5, 0.6) is 0 Å². The molecule has 4 heteroatoms. The molecule has 2 rings (SSSR count). The number of nitro groups is 1. The van der Waals surface area contributed by atoms with Crippen molar-refractivity contribution in [1.82, 2.24) is 0 Å². The molecule has 0 aliphatic rings. The fourth-order valence-electron chi connectivity index (χ4n) is 1.86. The second-order valence-corrected chi connectivity index (χ2v) is 4.39. The molecule has 0 spiro atoms. The molecule has 0 saturated heterocycles. The minimum absolute atomic E-state index is 0.155. The van der Waals surface area contributed by atoms with Crippen molar-refractivity contribution in [2.45, 2.75) is 6.10 Å². The molecule has 2 aromatic carbocycles. The highest BCUT2D eigenvalue weighted by Crippen LogP contribution is 2.16. The number of hydrogen-bond acceptors (Lipinski definition) is 3. The summed E-state index contributed by atoms with van der Waals surface area (Å²) in [5.74, 6) is 5.84. The van der Waals surface area contributed by atoms with E-state index in [0.29, 0.717) is 0 Å². The first-order valence-electron chi connectivity index (χ1n) is 6.58. The smallest absolute Gasteiger partial charge is 0.233 e. The normalized spacial score (nSPS) is 11.2. The zero-order chi connectivity index (χ0) is 14.9. The van der Waals surface area contributed by atoms with E-state index in [1.807, 2.05) is 60.7 Å². The lowest BCUT2D eigenvalue weighted by molar-refractivity contribution is -0.492. The van der Waals surface area contributed by atoms with Crippen molar-refractivity contribution in [3.8, 4) is 11.8 Å². The maximum Gasteiger partial charge on any atom is 0.233 e. The van der Waals surface area contributed by atoms with Crippen LogP contribution in [0.4, 0.5) is 0 Å². The van der Waals surface area contributed by atoms with Crippen molar-refractivity contribution in [2.24, 2.45) is 0 Å². The predicted molar refractivity (Wildman–Crippen MR) is 80.3 cm³/mol. The van der Waals surface area contributed by atoms with E-state index in [-0.39, 0.29) is 18.1 Å². The van der Waals surface area contributed by atoms with Gasteiger partial charge in [-0.25, -0.2) is 0 Å². The monoisotopic (exact) mass is 281 g/mol. The van der Waals surface area contributed by atoms with Crippen molar-refractivity contribution in [1.29, 1.82) is 0 Å². The molecule has 1 unspecified atom stereocenters. The largest absolute Gasteiger partial charge is 0.354 e. The van der Waals surface area contributed by atoms with Gasteiger partial charge in [-0.2, -0.15) is 0 Å². The molecule has 0 aliphatic heterocycles. The van der Waals surface area contributed by atoms with Gasteiger partial charge in [0.25, 0.3) is 0 Å². The number of benzene rings is 2. The predicted octanol–water partition coefficient (Wildman–Crippen LogP) is 3.07. The van der Waals surface area contributed by atoms with E-state index >= 15 is 0 Å². The molecule has 0 aliphatic carbocycles. The van der Waals surface area contributed by atoms with Gasteiger partial charge in [-0.05, 0) is 17.7 Å². The number of nitrogens with zero attached hydrogens (tertiary/aromatic N) is 1. The number of ether oxygens (including phenoxy) is 1. The molecular formula is C17H15NO3. The first kappa shape index (κ1) is 14.8. The Morgan fingerprint density at radius 3 is 2.29 bits per heavy atom. The maximum atomic E-state index is 10.7. The van der Waals surface area contributed by atoms with E-state index in [1.165, 1.54) is 0 Å². The highest BCUT2D eigenvalue weighted by Gasteiger charge is 2.17. The molecule has 106 valence electrons. The Hall–Kier alpha value is -2.64. The van der Waals surface area contributed by atoms with Gasteiger partial charge >= 0.3 is 0 Å². The first-order chi connectivity index (χ1) is 10.3. The standard InChI is InChI=1S/C17H15NO3/c19-18(20)14-17(16-11-5-2-6-12-16)21-13-7-10-15-8-3-1-4-9-15/h1-6,8-9,11-12,17H,13-14H2. The summed E-state index contributed by atoms with van der Waals surface area (Å²) in [5.41, 5.74) is 1.68. The van der Waals surface area contributed by atoms with Gasteiger partial charge in [-0.1, -0.05) is 60.4 Å². The Labute approximate surface area is 123 Å². The first-order valence-corrected chi connectivity index (χ1v) is 6.58. The van der Waals surface area contributed by atoms with Gasteiger partial charge in [-0.3, -0.25) is 10.1 Å². The summed E-state index contributed by atoms with van der Waals surface area (Å²) in [6.07, 6.45) is -0.578. The van der Waals surface area contributed by atoms with Gasteiger partial charge in [0.1, 0.15) is 12.7 Å². The van der Waals surface area contributed by atoms with Crippen molar-refractivity contribution in [3.05, 3.63) is 81.9 Å². The molecule has 1 atom stereocenters. The van der Waals surface area contributed by atoms with Gasteiger partial charge < -0.3 is 4.74 Å². The summed E-state index contributed by atoms with van der Waals surface area (Å²) < 4.78 is 5.55. The molecule has 21 heavy (non-hydrogen) atoms. The molecule has 0 radical (unpaired) electrons. The lowest BCUT2D eigenvalue weighted by Crippen LogP contribution is -2.16. The Morgan fingerprint density at radius 1 is 1.05 bits per heavy atom. The summed E-state index contributed by atoms with van der Waals surface area (Å²) in [5, 5.41) is 10.7. The van der Waals surface area contributed by atoms with Crippen LogP contribution >= 0.6 is 0 Å². The molecule has 0 bridgehead atoms. The number of hydrogen-bond donors (Lipinski definition) is 0. The molecule has 0 fully saturated rings. The average molecular weight is 281 g/mol. The lowest BCUT2D eigenvalue weighted by Gasteiger charge is -2.12. The van der Waals surface area contributed by atoms with Gasteiger partial charge in [-0.15, -0.1) is 0 Å². The molecule has 4 nitrogen and oxygen atoms in total. The van der Waals surface area contributed by atoms with E-state index < -0.39 is 6.10 Å². The minimum Gasteiger partial charge on any atom is -0.354 e. The van der Waals surface area contributed by atoms with Gasteiger partial charge in [0, 0.05) is 10.5 Å². The zero-order valence-corrected chi connectivity index (χ0v) is 11.4. The summed E-state index contributed by atoms with van der Waals surface area (Å²) in [6.45, 7) is -0.112. The number of rotatable bonds is 5. The lowest BCUT2D eigenvalue weighted by atomic mass is 10.1. The minimum atomic E-state index is -0.578. The second kappa shape index (κ2) is 7.83. The third kappa shape index (κ3) is 5.09. The van der Waals surface area contributed by atoms with E-state index in [9.17, 15) is 10.1 Å². The van der Waals surface area contributed by atoms with Crippen molar-refractivity contribution in [2.75, 3.05) is 13.2 Å². The Kier molecular flexibility index (Phi) is 5.50. The van der Waals surface area contributed by atoms with Gasteiger partial charge in [0.05, 0.1) is 0 Å². The average Bonchev–Trinajstić information content (AvgIpc) is 2.52. The third-order valence-electron chi connectivity index (χ3n) is 2.85. The van der Waals surface area contributed by atoms with Crippen molar-refractivity contribution < 1.29 is 9.66 Å². The Morgan fingerprint density at radius 2 is 1.67 bits per heavy atom. The molecule has 2 aromatic rings. The van der Waals surface area contributed by atoms with Gasteiger partial charge in [0.15, 0.2) is 0 Å². The van der Waals surface area contributed by atoms with E-state index in [2.05, 4.69) is 11.8 Å². The molecular weight excluding hydrogens is 266 g/mol. The molecule has 0 aromatic heterocycles.